The third kappa shape index (κ3) is 1.69. The Balaban J connectivity index is 3.12. The minimum Gasteiger partial charge on any atom is -0.371 e. The highest BCUT2D eigenvalue weighted by molar-refractivity contribution is 5.81. The molecule has 1 rings (SSSR count). The van der Waals surface area contributed by atoms with Gasteiger partial charge in [-0.3, -0.25) is 9.78 Å². The largest absolute Gasteiger partial charge is 0.371 e. The van der Waals surface area contributed by atoms with E-state index in [9.17, 15) is 9.59 Å². The molecule has 0 spiro atoms. The van der Waals surface area contributed by atoms with Gasteiger partial charge >= 0.3 is 5.69 Å². The first kappa shape index (κ1) is 8.45. The molecule has 5 nitrogen and oxygen atoms in total. The molecule has 0 aromatic carbocycles. The van der Waals surface area contributed by atoms with Crippen molar-refractivity contribution in [1.82, 2.24) is 9.97 Å². The Labute approximate surface area is 68.8 Å². The molecule has 5 heteroatoms. The summed E-state index contributed by atoms with van der Waals surface area (Å²) in [5, 5.41) is 2.84. The summed E-state index contributed by atoms with van der Waals surface area (Å²) in [6, 6.07) is 0. The van der Waals surface area contributed by atoms with E-state index in [1.54, 1.807) is 0 Å². The second-order valence-corrected chi connectivity index (χ2v) is 2.17. The molecule has 64 valence electrons. The van der Waals surface area contributed by atoms with Crippen LogP contribution in [0.2, 0.25) is 0 Å². The smallest absolute Gasteiger partial charge is 0.346 e. The Morgan fingerprint density at radius 1 is 1.75 bits per heavy atom. The first-order chi connectivity index (χ1) is 5.77. The summed E-state index contributed by atoms with van der Waals surface area (Å²) in [4.78, 5) is 27.0. The van der Waals surface area contributed by atoms with Gasteiger partial charge in [0.2, 0.25) is 0 Å². The van der Waals surface area contributed by atoms with Crippen molar-refractivity contribution in [2.24, 2.45) is 0 Å². The number of carbonyl (C=O) groups excluding carboxylic acids is 1. The molecule has 1 aromatic rings. The topological polar surface area (TPSA) is 74.8 Å². The zero-order valence-corrected chi connectivity index (χ0v) is 6.63. The highest BCUT2D eigenvalue weighted by atomic mass is 16.1. The average molecular weight is 167 g/mol. The van der Waals surface area contributed by atoms with Crippen LogP contribution in [0.5, 0.6) is 0 Å². The molecule has 12 heavy (non-hydrogen) atoms. The van der Waals surface area contributed by atoms with Gasteiger partial charge in [-0.15, -0.1) is 0 Å². The summed E-state index contributed by atoms with van der Waals surface area (Å²) in [6.07, 6.45) is 1.88. The molecular weight excluding hydrogens is 158 g/mol. The van der Waals surface area contributed by atoms with Gasteiger partial charge in [0.05, 0.1) is 5.56 Å². The predicted octanol–water partition coefficient (Wildman–Crippen LogP) is 0.0142. The molecule has 0 saturated heterocycles. The molecule has 0 aliphatic carbocycles. The first-order valence-corrected chi connectivity index (χ1v) is 3.56. The highest BCUT2D eigenvalue weighted by Gasteiger charge is 2.00. The van der Waals surface area contributed by atoms with Gasteiger partial charge in [-0.2, -0.15) is 0 Å². The Bertz CT molecular complexity index is 332. The number of carbonyl (C=O) groups is 1. The number of rotatable bonds is 3. The summed E-state index contributed by atoms with van der Waals surface area (Å²) < 4.78 is 0. The third-order valence-electron chi connectivity index (χ3n) is 1.32. The maximum atomic E-state index is 10.7. The first-order valence-electron chi connectivity index (χ1n) is 3.56. The lowest BCUT2D eigenvalue weighted by Gasteiger charge is -2.03. The van der Waals surface area contributed by atoms with Gasteiger partial charge in [0.1, 0.15) is 5.82 Å². The lowest BCUT2D eigenvalue weighted by atomic mass is 10.3. The van der Waals surface area contributed by atoms with Crippen LogP contribution >= 0.6 is 0 Å². The minimum absolute atomic E-state index is 0.358. The molecule has 0 aliphatic rings. The van der Waals surface area contributed by atoms with Crippen molar-refractivity contribution in [3.8, 4) is 0 Å². The Morgan fingerprint density at radius 2 is 2.50 bits per heavy atom. The molecule has 0 amide bonds. The number of aromatic amines is 1. The number of nitrogens with one attached hydrogen (secondary N) is 2. The number of hydrogen-bond donors (Lipinski definition) is 2. The van der Waals surface area contributed by atoms with Crippen molar-refractivity contribution in [3.63, 3.8) is 0 Å². The molecule has 0 unspecified atom stereocenters. The zero-order chi connectivity index (χ0) is 8.97. The average Bonchev–Trinajstić information content (AvgIpc) is 2.05. The van der Waals surface area contributed by atoms with E-state index in [-0.39, 0.29) is 0 Å². The summed E-state index contributed by atoms with van der Waals surface area (Å²) >= 11 is 0. The van der Waals surface area contributed by atoms with Crippen LogP contribution in [0.3, 0.4) is 0 Å². The maximum Gasteiger partial charge on any atom is 0.346 e. The predicted molar refractivity (Wildman–Crippen MR) is 44.4 cm³/mol. The number of aldehydes is 1. The molecule has 0 aliphatic heterocycles. The fraction of sp³-hybridized carbons (Fsp3) is 0.286. The van der Waals surface area contributed by atoms with E-state index in [4.69, 9.17) is 0 Å². The number of hydrogen-bond acceptors (Lipinski definition) is 4. The van der Waals surface area contributed by atoms with E-state index < -0.39 is 5.69 Å². The van der Waals surface area contributed by atoms with Crippen LogP contribution in [-0.2, 0) is 0 Å². The van der Waals surface area contributed by atoms with Crippen LogP contribution in [0.15, 0.2) is 11.0 Å². The summed E-state index contributed by atoms with van der Waals surface area (Å²) in [5.41, 5.74) is -0.104. The Kier molecular flexibility index (Phi) is 2.57. The van der Waals surface area contributed by atoms with Crippen molar-refractivity contribution in [2.75, 3.05) is 11.9 Å². The van der Waals surface area contributed by atoms with Gasteiger partial charge in [-0.05, 0) is 6.92 Å². The van der Waals surface area contributed by atoms with Gasteiger partial charge in [0.15, 0.2) is 6.29 Å². The van der Waals surface area contributed by atoms with Gasteiger partial charge in [-0.25, -0.2) is 9.78 Å². The molecule has 0 bridgehead atoms. The highest BCUT2D eigenvalue weighted by Crippen LogP contribution is 2.03. The summed E-state index contributed by atoms with van der Waals surface area (Å²) in [7, 11) is 0. The van der Waals surface area contributed by atoms with Crippen LogP contribution in [-0.4, -0.2) is 22.8 Å². The molecule has 2 N–H and O–H groups in total. The summed E-state index contributed by atoms with van der Waals surface area (Å²) in [6.45, 7) is 2.51. The van der Waals surface area contributed by atoms with Gasteiger partial charge in [0, 0.05) is 12.7 Å². The van der Waals surface area contributed by atoms with E-state index in [0.29, 0.717) is 24.2 Å². The number of anilines is 1. The standard InChI is InChI=1S/C7H9N3O2/c1-2-8-6-5(4-11)3-9-7(12)10-6/h3-4H,2H2,1H3,(H2,8,9,10,12). The van der Waals surface area contributed by atoms with Crippen molar-refractivity contribution in [1.29, 1.82) is 0 Å². The van der Waals surface area contributed by atoms with Crippen LogP contribution in [0.1, 0.15) is 17.3 Å². The second-order valence-electron chi connectivity index (χ2n) is 2.17. The second kappa shape index (κ2) is 3.66. The van der Waals surface area contributed by atoms with Crippen molar-refractivity contribution in [3.05, 3.63) is 22.2 Å². The van der Waals surface area contributed by atoms with Crippen molar-refractivity contribution >= 4 is 12.1 Å². The van der Waals surface area contributed by atoms with Crippen molar-refractivity contribution < 1.29 is 4.79 Å². The monoisotopic (exact) mass is 167 g/mol. The lowest BCUT2D eigenvalue weighted by Crippen LogP contribution is -2.15. The number of aromatic nitrogens is 2. The minimum atomic E-state index is -0.462. The number of nitrogens with zero attached hydrogens (tertiary/aromatic N) is 1. The quantitative estimate of drug-likeness (QED) is 0.622. The normalized spacial score (nSPS) is 9.42. The molecule has 0 saturated carbocycles. The van der Waals surface area contributed by atoms with E-state index in [1.165, 1.54) is 6.20 Å². The molecule has 0 atom stereocenters. The fourth-order valence-electron chi connectivity index (χ4n) is 0.816. The number of H-pyrrole nitrogens is 1. The molecule has 1 heterocycles. The van der Waals surface area contributed by atoms with E-state index >= 15 is 0 Å². The van der Waals surface area contributed by atoms with Gasteiger partial charge in [-0.1, -0.05) is 0 Å². The lowest BCUT2D eigenvalue weighted by molar-refractivity contribution is 0.112. The Hall–Kier alpha value is -1.65. The SMILES string of the molecule is CCNc1[nH]c(=O)ncc1C=O. The van der Waals surface area contributed by atoms with E-state index in [2.05, 4.69) is 15.3 Å². The molecule has 1 aromatic heterocycles. The summed E-state index contributed by atoms with van der Waals surface area (Å²) in [5.74, 6) is 0.424. The molecule has 0 fully saturated rings. The van der Waals surface area contributed by atoms with E-state index in [0.717, 1.165) is 0 Å². The van der Waals surface area contributed by atoms with E-state index in [1.807, 2.05) is 6.92 Å². The van der Waals surface area contributed by atoms with Crippen LogP contribution in [0, 0.1) is 0 Å². The van der Waals surface area contributed by atoms with Crippen LogP contribution < -0.4 is 11.0 Å². The Morgan fingerprint density at radius 3 is 3.08 bits per heavy atom. The van der Waals surface area contributed by atoms with Gasteiger partial charge < -0.3 is 5.32 Å². The third-order valence-corrected chi connectivity index (χ3v) is 1.32. The zero-order valence-electron chi connectivity index (χ0n) is 6.63. The van der Waals surface area contributed by atoms with Crippen LogP contribution in [0.25, 0.3) is 0 Å². The fourth-order valence-corrected chi connectivity index (χ4v) is 0.816. The molecular formula is C7H9N3O2. The van der Waals surface area contributed by atoms with Crippen molar-refractivity contribution in [2.45, 2.75) is 6.92 Å². The van der Waals surface area contributed by atoms with Crippen LogP contribution in [0.4, 0.5) is 5.82 Å². The van der Waals surface area contributed by atoms with Gasteiger partial charge in [0.25, 0.3) is 0 Å². The maximum absolute atomic E-state index is 10.7. The molecule has 0 radical (unpaired) electrons.